The van der Waals surface area contributed by atoms with Crippen LogP contribution in [0.2, 0.25) is 0 Å². The van der Waals surface area contributed by atoms with Gasteiger partial charge in [0, 0.05) is 26.1 Å². The highest BCUT2D eigenvalue weighted by molar-refractivity contribution is 5.75. The van der Waals surface area contributed by atoms with Gasteiger partial charge < -0.3 is 15.3 Å². The zero-order valence-electron chi connectivity index (χ0n) is 9.11. The zero-order valence-corrected chi connectivity index (χ0v) is 9.11. The highest BCUT2D eigenvalue weighted by Crippen LogP contribution is 2.16. The van der Waals surface area contributed by atoms with Crippen molar-refractivity contribution >= 4 is 12.0 Å². The molecule has 0 spiro atoms. The van der Waals surface area contributed by atoms with Gasteiger partial charge in [0.15, 0.2) is 0 Å². The Morgan fingerprint density at radius 2 is 2.06 bits per heavy atom. The van der Waals surface area contributed by atoms with Crippen molar-refractivity contribution in [3.63, 3.8) is 0 Å². The number of amides is 2. The molecule has 1 rings (SSSR count). The van der Waals surface area contributed by atoms with E-state index in [-0.39, 0.29) is 11.9 Å². The largest absolute Gasteiger partial charge is 0.481 e. The fraction of sp³-hybridized carbons (Fsp3) is 0.636. The van der Waals surface area contributed by atoms with E-state index in [1.54, 1.807) is 4.90 Å². The predicted molar refractivity (Wildman–Crippen MR) is 58.8 cm³/mol. The molecule has 16 heavy (non-hydrogen) atoms. The van der Waals surface area contributed by atoms with E-state index in [1.807, 2.05) is 0 Å². The maximum Gasteiger partial charge on any atom is 0.317 e. The summed E-state index contributed by atoms with van der Waals surface area (Å²) in [7, 11) is 0. The van der Waals surface area contributed by atoms with Crippen LogP contribution in [0.4, 0.5) is 4.79 Å². The Hall–Kier alpha value is -1.70. The van der Waals surface area contributed by atoms with Crippen molar-refractivity contribution in [3.05, 3.63) is 0 Å². The normalized spacial score (nSPS) is 16.6. The molecule has 0 aromatic carbocycles. The topological polar surface area (TPSA) is 69.6 Å². The van der Waals surface area contributed by atoms with Gasteiger partial charge >= 0.3 is 12.0 Å². The summed E-state index contributed by atoms with van der Waals surface area (Å²) in [6.45, 7) is 1.46. The number of aliphatic carboxylic acids is 1. The van der Waals surface area contributed by atoms with Crippen LogP contribution in [0, 0.1) is 18.3 Å². The first-order valence-corrected chi connectivity index (χ1v) is 5.34. The molecule has 0 atom stereocenters. The van der Waals surface area contributed by atoms with Crippen LogP contribution in [0.5, 0.6) is 0 Å². The number of likely N-dealkylation sites (tertiary alicyclic amines) is 1. The molecule has 0 aliphatic carbocycles. The Morgan fingerprint density at radius 1 is 1.44 bits per heavy atom. The van der Waals surface area contributed by atoms with Gasteiger partial charge in [-0.25, -0.2) is 4.79 Å². The minimum absolute atomic E-state index is 0.154. The number of hydrogen-bond donors (Lipinski definition) is 2. The van der Waals surface area contributed by atoms with E-state index in [0.29, 0.717) is 38.9 Å². The maximum atomic E-state index is 11.5. The predicted octanol–water partition coefficient (Wildman–Crippen LogP) is 0.516. The summed E-state index contributed by atoms with van der Waals surface area (Å²) in [4.78, 5) is 23.9. The molecule has 0 radical (unpaired) electrons. The smallest absolute Gasteiger partial charge is 0.317 e. The van der Waals surface area contributed by atoms with Gasteiger partial charge in [-0.05, 0) is 12.8 Å². The molecule has 5 nitrogen and oxygen atoms in total. The molecule has 1 heterocycles. The first-order valence-electron chi connectivity index (χ1n) is 5.34. The molecule has 0 aromatic rings. The van der Waals surface area contributed by atoms with Gasteiger partial charge in [0.25, 0.3) is 0 Å². The number of nitrogens with one attached hydrogen (secondary N) is 1. The quantitative estimate of drug-likeness (QED) is 0.542. The van der Waals surface area contributed by atoms with Crippen molar-refractivity contribution in [2.75, 3.05) is 19.6 Å². The van der Waals surface area contributed by atoms with Crippen LogP contribution in [0.1, 0.15) is 19.3 Å². The third-order valence-corrected chi connectivity index (χ3v) is 2.68. The highest BCUT2D eigenvalue weighted by Gasteiger charge is 2.26. The van der Waals surface area contributed by atoms with E-state index in [1.165, 1.54) is 0 Å². The molecule has 5 heteroatoms. The molecule has 0 saturated carbocycles. The van der Waals surface area contributed by atoms with Crippen LogP contribution in [0.15, 0.2) is 0 Å². The third-order valence-electron chi connectivity index (χ3n) is 2.68. The Bertz CT molecular complexity index is 301. The summed E-state index contributed by atoms with van der Waals surface area (Å²) in [6, 6.07) is -0.154. The summed E-state index contributed by atoms with van der Waals surface area (Å²) in [5.41, 5.74) is 0. The van der Waals surface area contributed by atoms with Gasteiger partial charge in [0.1, 0.15) is 0 Å². The number of carbonyl (C=O) groups is 2. The lowest BCUT2D eigenvalue weighted by atomic mass is 9.97. The SMILES string of the molecule is C#CCCNC(=O)N1CCC(C(=O)O)CC1. The van der Waals surface area contributed by atoms with Gasteiger partial charge in [-0.1, -0.05) is 0 Å². The third kappa shape index (κ3) is 3.46. The lowest BCUT2D eigenvalue weighted by molar-refractivity contribution is -0.143. The van der Waals surface area contributed by atoms with Crippen molar-refractivity contribution < 1.29 is 14.7 Å². The fourth-order valence-corrected chi connectivity index (χ4v) is 1.68. The molecule has 2 N–H and O–H groups in total. The molecule has 1 saturated heterocycles. The molecule has 1 fully saturated rings. The molecule has 0 bridgehead atoms. The van der Waals surface area contributed by atoms with Crippen molar-refractivity contribution in [1.29, 1.82) is 0 Å². The summed E-state index contributed by atoms with van der Waals surface area (Å²) >= 11 is 0. The maximum absolute atomic E-state index is 11.5. The first-order chi connectivity index (χ1) is 7.65. The number of nitrogens with zero attached hydrogens (tertiary/aromatic N) is 1. The van der Waals surface area contributed by atoms with E-state index in [0.717, 1.165) is 0 Å². The molecular weight excluding hydrogens is 208 g/mol. The van der Waals surface area contributed by atoms with Crippen LogP contribution in [-0.2, 0) is 4.79 Å². The number of piperidine rings is 1. The lowest BCUT2D eigenvalue weighted by Crippen LogP contribution is -2.45. The van der Waals surface area contributed by atoms with E-state index in [4.69, 9.17) is 11.5 Å². The summed E-state index contributed by atoms with van der Waals surface area (Å²) in [6.07, 6.45) is 6.63. The van der Waals surface area contributed by atoms with Gasteiger partial charge in [-0.15, -0.1) is 12.3 Å². The Labute approximate surface area is 94.8 Å². The Balaban J connectivity index is 2.28. The fourth-order valence-electron chi connectivity index (χ4n) is 1.68. The molecular formula is C11H16N2O3. The number of carbonyl (C=O) groups excluding carboxylic acids is 1. The number of hydrogen-bond acceptors (Lipinski definition) is 2. The summed E-state index contributed by atoms with van der Waals surface area (Å²) < 4.78 is 0. The van der Waals surface area contributed by atoms with E-state index >= 15 is 0 Å². The Kier molecular flexibility index (Phi) is 4.65. The van der Waals surface area contributed by atoms with Gasteiger partial charge in [-0.2, -0.15) is 0 Å². The lowest BCUT2D eigenvalue weighted by Gasteiger charge is -2.30. The number of carboxylic acid groups (broad SMARTS) is 1. The molecule has 1 aliphatic rings. The van der Waals surface area contributed by atoms with Crippen molar-refractivity contribution in [1.82, 2.24) is 10.2 Å². The standard InChI is InChI=1S/C11H16N2O3/c1-2-3-6-12-11(16)13-7-4-9(5-8-13)10(14)15/h1,9H,3-8H2,(H,12,16)(H,14,15). The van der Waals surface area contributed by atoms with Crippen LogP contribution >= 0.6 is 0 Å². The Morgan fingerprint density at radius 3 is 2.56 bits per heavy atom. The monoisotopic (exact) mass is 224 g/mol. The molecule has 0 aromatic heterocycles. The first kappa shape index (κ1) is 12.4. The second-order valence-electron chi connectivity index (χ2n) is 3.79. The van der Waals surface area contributed by atoms with E-state index in [9.17, 15) is 9.59 Å². The van der Waals surface area contributed by atoms with Crippen LogP contribution in [0.3, 0.4) is 0 Å². The number of rotatable bonds is 3. The van der Waals surface area contributed by atoms with Crippen molar-refractivity contribution in [2.24, 2.45) is 5.92 Å². The van der Waals surface area contributed by atoms with Gasteiger partial charge in [-0.3, -0.25) is 4.79 Å². The van der Waals surface area contributed by atoms with Gasteiger partial charge in [0.05, 0.1) is 5.92 Å². The van der Waals surface area contributed by atoms with Crippen molar-refractivity contribution in [2.45, 2.75) is 19.3 Å². The van der Waals surface area contributed by atoms with Crippen LogP contribution in [-0.4, -0.2) is 41.6 Å². The van der Waals surface area contributed by atoms with E-state index in [2.05, 4.69) is 11.2 Å². The van der Waals surface area contributed by atoms with Crippen LogP contribution in [0.25, 0.3) is 0 Å². The van der Waals surface area contributed by atoms with Crippen molar-refractivity contribution in [3.8, 4) is 12.3 Å². The molecule has 0 unspecified atom stereocenters. The minimum atomic E-state index is -0.771. The van der Waals surface area contributed by atoms with E-state index < -0.39 is 5.97 Å². The minimum Gasteiger partial charge on any atom is -0.481 e. The molecule has 1 aliphatic heterocycles. The summed E-state index contributed by atoms with van der Waals surface area (Å²) in [5.74, 6) is 1.36. The molecule has 2 amide bonds. The van der Waals surface area contributed by atoms with Gasteiger partial charge in [0.2, 0.25) is 0 Å². The zero-order chi connectivity index (χ0) is 12.0. The average molecular weight is 224 g/mol. The average Bonchev–Trinajstić information content (AvgIpc) is 2.29. The number of carboxylic acids is 1. The number of terminal acetylenes is 1. The number of urea groups is 1. The summed E-state index contributed by atoms with van der Waals surface area (Å²) in [5, 5.41) is 11.5. The highest BCUT2D eigenvalue weighted by atomic mass is 16.4. The second-order valence-corrected chi connectivity index (χ2v) is 3.79. The van der Waals surface area contributed by atoms with Crippen LogP contribution < -0.4 is 5.32 Å². The molecule has 88 valence electrons. The second kappa shape index (κ2) is 6.01.